The van der Waals surface area contributed by atoms with Crippen molar-refractivity contribution in [3.8, 4) is 11.3 Å². The van der Waals surface area contributed by atoms with Gasteiger partial charge in [-0.05, 0) is 45.0 Å². The highest BCUT2D eigenvalue weighted by atomic mass is 16.5. The molecule has 2 heterocycles. The molecule has 1 aliphatic rings. The minimum absolute atomic E-state index is 0.0572. The topological polar surface area (TPSA) is 84.7 Å². The van der Waals surface area contributed by atoms with Crippen molar-refractivity contribution in [2.24, 2.45) is 0 Å². The molecule has 1 N–H and O–H groups in total. The van der Waals surface area contributed by atoms with Crippen LogP contribution in [0.25, 0.3) is 11.3 Å². The Kier molecular flexibility index (Phi) is 6.01. The van der Waals surface area contributed by atoms with Crippen LogP contribution in [0.4, 0.5) is 0 Å². The maximum atomic E-state index is 12.6. The summed E-state index contributed by atoms with van der Waals surface area (Å²) in [6.45, 7) is 3.90. The number of likely N-dealkylation sites (tertiary alicyclic amines) is 1. The number of hydrogen-bond acceptors (Lipinski definition) is 6. The minimum Gasteiger partial charge on any atom is -0.464 e. The lowest BCUT2D eigenvalue weighted by molar-refractivity contribution is 0.0595. The molecule has 138 valence electrons. The second-order valence-electron chi connectivity index (χ2n) is 6.23. The minimum atomic E-state index is -0.602. The van der Waals surface area contributed by atoms with E-state index in [-0.39, 0.29) is 17.4 Å². The predicted molar refractivity (Wildman–Crippen MR) is 95.9 cm³/mol. The monoisotopic (exact) mass is 357 g/mol. The molecule has 1 fully saturated rings. The third-order valence-corrected chi connectivity index (χ3v) is 4.50. The lowest BCUT2D eigenvalue weighted by Crippen LogP contribution is -2.29. The molecule has 0 saturated carbocycles. The summed E-state index contributed by atoms with van der Waals surface area (Å²) in [7, 11) is 1.28. The number of amides is 1. The molecule has 1 saturated heterocycles. The van der Waals surface area contributed by atoms with Gasteiger partial charge in [0.15, 0.2) is 17.8 Å². The van der Waals surface area contributed by atoms with Gasteiger partial charge in [-0.3, -0.25) is 4.79 Å². The first-order valence-electron chi connectivity index (χ1n) is 8.82. The Morgan fingerprint density at radius 3 is 2.81 bits per heavy atom. The molecular weight excluding hydrogens is 334 g/mol. The van der Waals surface area contributed by atoms with Crippen molar-refractivity contribution in [2.45, 2.75) is 19.3 Å². The molecule has 0 radical (unpaired) electrons. The number of hydrogen-bond donors (Lipinski definition) is 1. The lowest BCUT2D eigenvalue weighted by atomic mass is 10.0. The molecule has 0 unspecified atom stereocenters. The quantitative estimate of drug-likeness (QED) is 0.605. The van der Waals surface area contributed by atoms with E-state index in [1.165, 1.54) is 26.3 Å². The van der Waals surface area contributed by atoms with E-state index in [0.29, 0.717) is 17.7 Å². The molecular formula is C19H23N3O4. The Morgan fingerprint density at radius 2 is 2.04 bits per heavy atom. The van der Waals surface area contributed by atoms with Crippen LogP contribution in [0.3, 0.4) is 0 Å². The Bertz CT molecular complexity index is 766. The van der Waals surface area contributed by atoms with Crippen LogP contribution >= 0.6 is 0 Å². The van der Waals surface area contributed by atoms with Gasteiger partial charge in [-0.1, -0.05) is 18.2 Å². The fraction of sp³-hybridized carbons (Fsp3) is 0.421. The highest BCUT2D eigenvalue weighted by Gasteiger charge is 2.23. The Balaban J connectivity index is 1.67. The lowest BCUT2D eigenvalue weighted by Gasteiger charge is -2.14. The van der Waals surface area contributed by atoms with E-state index in [0.717, 1.165) is 26.1 Å². The molecule has 0 atom stereocenters. The van der Waals surface area contributed by atoms with E-state index in [9.17, 15) is 9.59 Å². The molecule has 1 amide bonds. The normalized spacial score (nSPS) is 14.3. The SMILES string of the molecule is COC(=O)c1ncoc1-c1ccccc1C(=O)NCCCN1CCCC1. The van der Waals surface area contributed by atoms with E-state index in [1.807, 2.05) is 0 Å². The van der Waals surface area contributed by atoms with Gasteiger partial charge in [0.2, 0.25) is 0 Å². The van der Waals surface area contributed by atoms with E-state index < -0.39 is 5.97 Å². The number of nitrogens with zero attached hydrogens (tertiary/aromatic N) is 2. The van der Waals surface area contributed by atoms with Gasteiger partial charge in [-0.2, -0.15) is 0 Å². The third kappa shape index (κ3) is 4.11. The Hall–Kier alpha value is -2.67. The third-order valence-electron chi connectivity index (χ3n) is 4.50. The molecule has 1 aromatic heterocycles. The molecule has 0 bridgehead atoms. The van der Waals surface area contributed by atoms with E-state index >= 15 is 0 Å². The second-order valence-corrected chi connectivity index (χ2v) is 6.23. The number of benzene rings is 1. The van der Waals surface area contributed by atoms with Gasteiger partial charge in [0.25, 0.3) is 5.91 Å². The van der Waals surface area contributed by atoms with Gasteiger partial charge in [0, 0.05) is 12.1 Å². The maximum Gasteiger partial charge on any atom is 0.360 e. The van der Waals surface area contributed by atoms with Gasteiger partial charge in [-0.15, -0.1) is 0 Å². The molecule has 1 aliphatic heterocycles. The number of carbonyl (C=O) groups is 2. The van der Waals surface area contributed by atoms with Crippen LogP contribution in [0.2, 0.25) is 0 Å². The van der Waals surface area contributed by atoms with Crippen molar-refractivity contribution in [1.29, 1.82) is 0 Å². The summed E-state index contributed by atoms with van der Waals surface area (Å²) in [4.78, 5) is 30.8. The van der Waals surface area contributed by atoms with Crippen molar-refractivity contribution in [3.63, 3.8) is 0 Å². The van der Waals surface area contributed by atoms with Gasteiger partial charge >= 0.3 is 5.97 Å². The second kappa shape index (κ2) is 8.62. The first-order chi connectivity index (χ1) is 12.7. The zero-order valence-electron chi connectivity index (χ0n) is 14.9. The number of methoxy groups -OCH3 is 1. The smallest absolute Gasteiger partial charge is 0.360 e. The molecule has 2 aromatic rings. The molecule has 0 aliphatic carbocycles. The average Bonchev–Trinajstić information content (AvgIpc) is 3.36. The highest BCUT2D eigenvalue weighted by Crippen LogP contribution is 2.27. The average molecular weight is 357 g/mol. The number of rotatable bonds is 7. The number of esters is 1. The molecule has 3 rings (SSSR count). The summed E-state index contributed by atoms with van der Waals surface area (Å²) < 4.78 is 10.1. The highest BCUT2D eigenvalue weighted by molar-refractivity contribution is 6.03. The van der Waals surface area contributed by atoms with Gasteiger partial charge in [0.05, 0.1) is 12.7 Å². The van der Waals surface area contributed by atoms with Crippen LogP contribution < -0.4 is 5.32 Å². The van der Waals surface area contributed by atoms with Crippen molar-refractivity contribution in [2.75, 3.05) is 33.3 Å². The summed E-state index contributed by atoms with van der Waals surface area (Å²) in [6, 6.07) is 6.99. The Morgan fingerprint density at radius 1 is 1.27 bits per heavy atom. The van der Waals surface area contributed by atoms with E-state index in [2.05, 4.69) is 15.2 Å². The summed E-state index contributed by atoms with van der Waals surface area (Å²) in [5.41, 5.74) is 1.01. The van der Waals surface area contributed by atoms with Crippen LogP contribution in [-0.2, 0) is 4.74 Å². The summed E-state index contributed by atoms with van der Waals surface area (Å²) in [5, 5.41) is 2.94. The molecule has 1 aromatic carbocycles. The summed E-state index contributed by atoms with van der Waals surface area (Å²) in [5.74, 6) is -0.566. The van der Waals surface area contributed by atoms with Gasteiger partial charge in [0.1, 0.15) is 0 Å². The number of nitrogens with one attached hydrogen (secondary N) is 1. The van der Waals surface area contributed by atoms with Crippen LogP contribution in [-0.4, -0.2) is 55.0 Å². The molecule has 0 spiro atoms. The van der Waals surface area contributed by atoms with Crippen molar-refractivity contribution in [1.82, 2.24) is 15.2 Å². The van der Waals surface area contributed by atoms with Crippen molar-refractivity contribution < 1.29 is 18.7 Å². The van der Waals surface area contributed by atoms with Crippen LogP contribution in [0.5, 0.6) is 0 Å². The number of oxazole rings is 1. The standard InChI is InChI=1S/C19H23N3O4/c1-25-19(24)16-17(26-13-21-16)14-7-2-3-8-15(14)18(23)20-9-6-12-22-10-4-5-11-22/h2-3,7-8,13H,4-6,9-12H2,1H3,(H,20,23). The largest absolute Gasteiger partial charge is 0.464 e. The van der Waals surface area contributed by atoms with Crippen LogP contribution in [0.15, 0.2) is 35.1 Å². The summed E-state index contributed by atoms with van der Waals surface area (Å²) >= 11 is 0. The summed E-state index contributed by atoms with van der Waals surface area (Å²) in [6.07, 6.45) is 4.61. The fourth-order valence-corrected chi connectivity index (χ4v) is 3.16. The number of carbonyl (C=O) groups excluding carboxylic acids is 2. The van der Waals surface area contributed by atoms with E-state index in [4.69, 9.17) is 9.15 Å². The van der Waals surface area contributed by atoms with Crippen molar-refractivity contribution in [3.05, 3.63) is 41.9 Å². The zero-order valence-corrected chi connectivity index (χ0v) is 14.9. The zero-order chi connectivity index (χ0) is 18.4. The van der Waals surface area contributed by atoms with Gasteiger partial charge in [-0.25, -0.2) is 9.78 Å². The number of ether oxygens (including phenoxy) is 1. The first-order valence-corrected chi connectivity index (χ1v) is 8.82. The molecule has 7 nitrogen and oxygen atoms in total. The number of aromatic nitrogens is 1. The maximum absolute atomic E-state index is 12.6. The molecule has 7 heteroatoms. The molecule has 26 heavy (non-hydrogen) atoms. The van der Waals surface area contributed by atoms with Crippen molar-refractivity contribution >= 4 is 11.9 Å². The van der Waals surface area contributed by atoms with Crippen LogP contribution in [0.1, 0.15) is 40.1 Å². The Labute approximate surface area is 152 Å². The fourth-order valence-electron chi connectivity index (χ4n) is 3.16. The van der Waals surface area contributed by atoms with Gasteiger partial charge < -0.3 is 19.4 Å². The van der Waals surface area contributed by atoms with E-state index in [1.54, 1.807) is 24.3 Å². The predicted octanol–water partition coefficient (Wildman–Crippen LogP) is 2.34. The van der Waals surface area contributed by atoms with Crippen LogP contribution in [0, 0.1) is 0 Å². The first kappa shape index (κ1) is 18.1.